The average molecular weight is 544 g/mol. The van der Waals surface area contributed by atoms with Crippen LogP contribution in [0.1, 0.15) is 23.8 Å². The van der Waals surface area contributed by atoms with E-state index in [1.54, 1.807) is 25.5 Å². The summed E-state index contributed by atoms with van der Waals surface area (Å²) in [5.41, 5.74) is 2.11. The maximum Gasteiger partial charge on any atom is 0.224 e. The third-order valence-electron chi connectivity index (χ3n) is 4.74. The summed E-state index contributed by atoms with van der Waals surface area (Å²) in [6.07, 6.45) is 1.38. The van der Waals surface area contributed by atoms with E-state index in [1.165, 1.54) is 10.4 Å². The Morgan fingerprint density at radius 2 is 2.13 bits per heavy atom. The number of hydrogen-bond donors (Lipinski definition) is 2. The van der Waals surface area contributed by atoms with E-state index in [0.717, 1.165) is 25.2 Å². The van der Waals surface area contributed by atoms with Gasteiger partial charge in [-0.25, -0.2) is 0 Å². The summed E-state index contributed by atoms with van der Waals surface area (Å²) in [6.45, 7) is 4.54. The Hall–Kier alpha value is -2.01. The smallest absolute Gasteiger partial charge is 0.224 e. The lowest BCUT2D eigenvalue weighted by Crippen LogP contribution is -2.38. The van der Waals surface area contributed by atoms with Crippen molar-refractivity contribution < 1.29 is 14.3 Å². The first kappa shape index (κ1) is 24.3. The van der Waals surface area contributed by atoms with E-state index in [1.807, 2.05) is 30.0 Å². The number of amides is 1. The zero-order valence-electron chi connectivity index (χ0n) is 17.6. The zero-order valence-corrected chi connectivity index (χ0v) is 20.7. The summed E-state index contributed by atoms with van der Waals surface area (Å²) in [7, 11) is 3.31. The van der Waals surface area contributed by atoms with Gasteiger partial charge in [-0.2, -0.15) is 0 Å². The Morgan fingerprint density at radius 3 is 2.87 bits per heavy atom. The number of anilines is 1. The molecule has 2 heterocycles. The number of rotatable bonds is 7. The number of fused-ring (bicyclic) bond motifs is 1. The van der Waals surface area contributed by atoms with Gasteiger partial charge in [0.1, 0.15) is 0 Å². The highest BCUT2D eigenvalue weighted by Crippen LogP contribution is 2.30. The Kier molecular flexibility index (Phi) is 9.70. The third-order valence-corrected chi connectivity index (χ3v) is 5.76. The first-order valence-electron chi connectivity index (χ1n) is 9.76. The Bertz CT molecular complexity index is 872. The molecule has 30 heavy (non-hydrogen) atoms. The number of benzene rings is 1. The van der Waals surface area contributed by atoms with Gasteiger partial charge in [-0.3, -0.25) is 9.79 Å². The summed E-state index contributed by atoms with van der Waals surface area (Å²) in [4.78, 5) is 20.1. The van der Waals surface area contributed by atoms with Crippen LogP contribution in [0.25, 0.3) is 0 Å². The molecule has 0 saturated heterocycles. The standard InChI is InChI=1S/C21H28N4O3S.HI/c1-4-28-17-6-5-16(13-18(17)27-3)24-21(22-2)23-10-7-20(26)25-11-8-19-15(14-25)9-12-29-19;/h5-6,9,12-13H,4,7-8,10-11,14H2,1-3H3,(H2,22,23,24);1H. The van der Waals surface area contributed by atoms with Gasteiger partial charge in [0.2, 0.25) is 5.91 Å². The van der Waals surface area contributed by atoms with Gasteiger partial charge in [0.15, 0.2) is 17.5 Å². The fourth-order valence-electron chi connectivity index (χ4n) is 3.24. The Balaban J connectivity index is 0.00000320. The summed E-state index contributed by atoms with van der Waals surface area (Å²) in [6, 6.07) is 7.73. The van der Waals surface area contributed by atoms with Crippen LogP contribution in [0, 0.1) is 0 Å². The number of nitrogens with one attached hydrogen (secondary N) is 2. The molecule has 0 fully saturated rings. The first-order chi connectivity index (χ1) is 14.1. The minimum absolute atomic E-state index is 0. The normalized spacial score (nSPS) is 13.2. The molecule has 1 aliphatic rings. The molecule has 0 spiro atoms. The molecule has 1 aliphatic heterocycles. The van der Waals surface area contributed by atoms with Crippen molar-refractivity contribution in [3.63, 3.8) is 0 Å². The van der Waals surface area contributed by atoms with E-state index in [-0.39, 0.29) is 29.9 Å². The quantitative estimate of drug-likeness (QED) is 0.316. The monoisotopic (exact) mass is 544 g/mol. The molecule has 1 aromatic heterocycles. The molecular weight excluding hydrogens is 515 g/mol. The molecule has 0 saturated carbocycles. The molecule has 0 radical (unpaired) electrons. The van der Waals surface area contributed by atoms with E-state index in [0.29, 0.717) is 37.0 Å². The van der Waals surface area contributed by atoms with Crippen molar-refractivity contribution >= 4 is 52.9 Å². The molecule has 0 aliphatic carbocycles. The molecule has 0 bridgehead atoms. The Labute approximate surface area is 198 Å². The number of halogens is 1. The molecule has 1 aromatic carbocycles. The van der Waals surface area contributed by atoms with Gasteiger partial charge in [0.05, 0.1) is 13.7 Å². The SMILES string of the molecule is CCOc1ccc(NC(=NC)NCCC(=O)N2CCc3sccc3C2)cc1OC.I. The number of ether oxygens (including phenoxy) is 2. The van der Waals surface area contributed by atoms with Crippen LogP contribution in [0.5, 0.6) is 11.5 Å². The molecule has 1 amide bonds. The minimum atomic E-state index is 0. The number of nitrogens with zero attached hydrogens (tertiary/aromatic N) is 2. The predicted molar refractivity (Wildman–Crippen MR) is 133 cm³/mol. The predicted octanol–water partition coefficient (Wildman–Crippen LogP) is 3.74. The Morgan fingerprint density at radius 1 is 1.30 bits per heavy atom. The van der Waals surface area contributed by atoms with Crippen LogP contribution < -0.4 is 20.1 Å². The van der Waals surface area contributed by atoms with E-state index < -0.39 is 0 Å². The molecule has 2 N–H and O–H groups in total. The van der Waals surface area contributed by atoms with Crippen LogP contribution in [0.2, 0.25) is 0 Å². The van der Waals surface area contributed by atoms with Crippen molar-refractivity contribution in [3.05, 3.63) is 40.1 Å². The minimum Gasteiger partial charge on any atom is -0.493 e. The zero-order chi connectivity index (χ0) is 20.6. The number of methoxy groups -OCH3 is 1. The van der Waals surface area contributed by atoms with E-state index in [2.05, 4.69) is 27.1 Å². The molecule has 3 rings (SSSR count). The van der Waals surface area contributed by atoms with Gasteiger partial charge in [-0.15, -0.1) is 35.3 Å². The van der Waals surface area contributed by atoms with Crippen LogP contribution in [-0.4, -0.2) is 50.6 Å². The highest BCUT2D eigenvalue weighted by Gasteiger charge is 2.21. The van der Waals surface area contributed by atoms with Crippen LogP contribution >= 0.6 is 35.3 Å². The molecule has 164 valence electrons. The van der Waals surface area contributed by atoms with Crippen molar-refractivity contribution in [2.75, 3.05) is 39.2 Å². The second kappa shape index (κ2) is 12.0. The summed E-state index contributed by atoms with van der Waals surface area (Å²) in [5.74, 6) is 2.11. The molecule has 0 unspecified atom stereocenters. The van der Waals surface area contributed by atoms with Gasteiger partial charge in [0.25, 0.3) is 0 Å². The third kappa shape index (κ3) is 6.24. The van der Waals surface area contributed by atoms with E-state index >= 15 is 0 Å². The summed E-state index contributed by atoms with van der Waals surface area (Å²) < 4.78 is 10.9. The topological polar surface area (TPSA) is 75.2 Å². The second-order valence-corrected chi connectivity index (χ2v) is 7.61. The largest absolute Gasteiger partial charge is 0.493 e. The van der Waals surface area contributed by atoms with Crippen molar-refractivity contribution in [2.45, 2.75) is 26.3 Å². The van der Waals surface area contributed by atoms with Gasteiger partial charge in [0, 0.05) is 49.7 Å². The van der Waals surface area contributed by atoms with Crippen molar-refractivity contribution in [2.24, 2.45) is 4.99 Å². The number of guanidine groups is 1. The average Bonchev–Trinajstić information content (AvgIpc) is 3.21. The highest BCUT2D eigenvalue weighted by molar-refractivity contribution is 14.0. The second-order valence-electron chi connectivity index (χ2n) is 6.61. The number of hydrogen-bond acceptors (Lipinski definition) is 5. The maximum absolute atomic E-state index is 12.5. The lowest BCUT2D eigenvalue weighted by molar-refractivity contribution is -0.131. The maximum atomic E-state index is 12.5. The van der Waals surface area contributed by atoms with Gasteiger partial charge >= 0.3 is 0 Å². The fraction of sp³-hybridized carbons (Fsp3) is 0.429. The fourth-order valence-corrected chi connectivity index (χ4v) is 4.13. The molecule has 2 aromatic rings. The number of aliphatic imine (C=N–C) groups is 1. The van der Waals surface area contributed by atoms with Crippen molar-refractivity contribution in [1.29, 1.82) is 0 Å². The number of thiophene rings is 1. The lowest BCUT2D eigenvalue weighted by Gasteiger charge is -2.27. The van der Waals surface area contributed by atoms with Crippen LogP contribution in [0.15, 0.2) is 34.6 Å². The summed E-state index contributed by atoms with van der Waals surface area (Å²) >= 11 is 1.78. The first-order valence-corrected chi connectivity index (χ1v) is 10.6. The lowest BCUT2D eigenvalue weighted by atomic mass is 10.1. The number of carbonyl (C=O) groups excluding carboxylic acids is 1. The van der Waals surface area contributed by atoms with E-state index in [4.69, 9.17) is 9.47 Å². The molecule has 7 nitrogen and oxygen atoms in total. The van der Waals surface area contributed by atoms with Gasteiger partial charge in [-0.05, 0) is 42.5 Å². The number of carbonyl (C=O) groups is 1. The van der Waals surface area contributed by atoms with E-state index in [9.17, 15) is 4.79 Å². The molecule has 0 atom stereocenters. The van der Waals surface area contributed by atoms with Crippen LogP contribution in [-0.2, 0) is 17.8 Å². The van der Waals surface area contributed by atoms with Crippen molar-refractivity contribution in [1.82, 2.24) is 10.2 Å². The highest BCUT2D eigenvalue weighted by atomic mass is 127. The van der Waals surface area contributed by atoms with Crippen LogP contribution in [0.4, 0.5) is 5.69 Å². The van der Waals surface area contributed by atoms with Gasteiger partial charge < -0.3 is 25.0 Å². The van der Waals surface area contributed by atoms with Crippen molar-refractivity contribution in [3.8, 4) is 11.5 Å². The van der Waals surface area contributed by atoms with Gasteiger partial charge in [-0.1, -0.05) is 0 Å². The van der Waals surface area contributed by atoms with Crippen LogP contribution in [0.3, 0.4) is 0 Å². The summed E-state index contributed by atoms with van der Waals surface area (Å²) in [5, 5.41) is 8.52. The molecule has 9 heteroatoms. The molecular formula is C21H29IN4O3S.